The molecule has 0 aliphatic carbocycles. The molecule has 0 saturated carbocycles. The Morgan fingerprint density at radius 3 is 2.62 bits per heavy atom. The van der Waals surface area contributed by atoms with Crippen LogP contribution in [0.4, 0.5) is 0 Å². The summed E-state index contributed by atoms with van der Waals surface area (Å²) in [6.45, 7) is 6.63. The summed E-state index contributed by atoms with van der Waals surface area (Å²) in [5, 5.41) is 0. The predicted molar refractivity (Wildman–Crippen MR) is 92.6 cm³/mol. The minimum absolute atomic E-state index is 0.267. The number of morpholine rings is 1. The van der Waals surface area contributed by atoms with Crippen LogP contribution in [0.25, 0.3) is 0 Å². The summed E-state index contributed by atoms with van der Waals surface area (Å²) in [6.07, 6.45) is 0. The van der Waals surface area contributed by atoms with Gasteiger partial charge >= 0.3 is 0 Å². The number of amides is 1. The number of hydrogen-bond donors (Lipinski definition) is 0. The zero-order chi connectivity index (χ0) is 16.5. The van der Waals surface area contributed by atoms with E-state index in [2.05, 4.69) is 47.2 Å². The fourth-order valence-electron chi connectivity index (χ4n) is 4.73. The average Bonchev–Trinajstić information content (AvgIpc) is 3.12. The van der Waals surface area contributed by atoms with E-state index >= 15 is 0 Å². The van der Waals surface area contributed by atoms with Gasteiger partial charge in [0.25, 0.3) is 0 Å². The summed E-state index contributed by atoms with van der Waals surface area (Å²) >= 11 is 0. The number of ether oxygens (including phenoxy) is 1. The number of benzene rings is 1. The summed E-state index contributed by atoms with van der Waals surface area (Å²) in [5.41, 5.74) is 1.41. The first-order valence-corrected chi connectivity index (χ1v) is 9.05. The van der Waals surface area contributed by atoms with Crippen LogP contribution >= 0.6 is 0 Å². The number of likely N-dealkylation sites (tertiary alicyclic amines) is 2. The van der Waals surface area contributed by atoms with Crippen molar-refractivity contribution in [2.24, 2.45) is 11.8 Å². The Labute approximate surface area is 144 Å². The lowest BCUT2D eigenvalue weighted by molar-refractivity contribution is -0.136. The second-order valence-electron chi connectivity index (χ2n) is 7.41. The lowest BCUT2D eigenvalue weighted by atomic mass is 9.90. The molecule has 0 spiro atoms. The smallest absolute Gasteiger partial charge is 0.236 e. The first kappa shape index (κ1) is 16.1. The van der Waals surface area contributed by atoms with Crippen molar-refractivity contribution in [1.82, 2.24) is 14.7 Å². The number of fused-ring (bicyclic) bond motifs is 1. The highest BCUT2D eigenvalue weighted by molar-refractivity contribution is 5.78. The minimum Gasteiger partial charge on any atom is -0.378 e. The van der Waals surface area contributed by atoms with E-state index in [1.807, 2.05) is 4.90 Å². The van der Waals surface area contributed by atoms with Crippen LogP contribution in [0.15, 0.2) is 30.3 Å². The number of nitrogens with zero attached hydrogens (tertiary/aromatic N) is 3. The molecule has 130 valence electrons. The summed E-state index contributed by atoms with van der Waals surface area (Å²) < 4.78 is 5.34. The highest BCUT2D eigenvalue weighted by Gasteiger charge is 2.46. The maximum absolute atomic E-state index is 12.5. The molecule has 1 amide bonds. The maximum Gasteiger partial charge on any atom is 0.236 e. The summed E-state index contributed by atoms with van der Waals surface area (Å²) in [6, 6.07) is 11.3. The lowest BCUT2D eigenvalue weighted by Crippen LogP contribution is -2.45. The zero-order valence-electron chi connectivity index (χ0n) is 14.4. The predicted octanol–water partition coefficient (Wildman–Crippen LogP) is 1.08. The van der Waals surface area contributed by atoms with E-state index in [0.717, 1.165) is 32.7 Å². The Morgan fingerprint density at radius 1 is 1.12 bits per heavy atom. The van der Waals surface area contributed by atoms with Gasteiger partial charge in [0.05, 0.1) is 19.8 Å². The molecule has 4 rings (SSSR count). The third kappa shape index (κ3) is 3.08. The third-order valence-electron chi connectivity index (χ3n) is 5.83. The van der Waals surface area contributed by atoms with Crippen molar-refractivity contribution in [2.75, 3.05) is 59.5 Å². The molecule has 0 unspecified atom stereocenters. The van der Waals surface area contributed by atoms with Crippen molar-refractivity contribution in [2.45, 2.75) is 6.04 Å². The second kappa shape index (κ2) is 6.82. The molecule has 3 saturated heterocycles. The Morgan fingerprint density at radius 2 is 1.88 bits per heavy atom. The van der Waals surface area contributed by atoms with Gasteiger partial charge in [-0.3, -0.25) is 14.6 Å². The van der Waals surface area contributed by atoms with Crippen LogP contribution < -0.4 is 0 Å². The van der Waals surface area contributed by atoms with Gasteiger partial charge in [0, 0.05) is 38.8 Å². The van der Waals surface area contributed by atoms with E-state index in [1.54, 1.807) is 0 Å². The summed E-state index contributed by atoms with van der Waals surface area (Å²) in [4.78, 5) is 19.3. The molecule has 3 aliphatic heterocycles. The molecule has 0 bridgehead atoms. The third-order valence-corrected chi connectivity index (χ3v) is 5.83. The standard InChI is InChI=1S/C19H27N3O2/c1-20-11-16-12-21(14-18(23)22-7-9-24-10-8-22)13-17(16)19(20)15-5-3-2-4-6-15/h2-6,16-17,19H,7-14H2,1H3/t16-,17+,19-/m0/s1. The van der Waals surface area contributed by atoms with Crippen LogP contribution in [0.5, 0.6) is 0 Å². The average molecular weight is 329 g/mol. The normalized spacial score (nSPS) is 31.4. The second-order valence-corrected chi connectivity index (χ2v) is 7.41. The van der Waals surface area contributed by atoms with Gasteiger partial charge in [-0.2, -0.15) is 0 Å². The van der Waals surface area contributed by atoms with Crippen molar-refractivity contribution in [3.05, 3.63) is 35.9 Å². The van der Waals surface area contributed by atoms with Crippen LogP contribution in [0, 0.1) is 11.8 Å². The van der Waals surface area contributed by atoms with Crippen molar-refractivity contribution < 1.29 is 9.53 Å². The largest absolute Gasteiger partial charge is 0.378 e. The van der Waals surface area contributed by atoms with Crippen molar-refractivity contribution >= 4 is 5.91 Å². The van der Waals surface area contributed by atoms with Crippen LogP contribution in [0.3, 0.4) is 0 Å². The van der Waals surface area contributed by atoms with E-state index in [-0.39, 0.29) is 5.91 Å². The van der Waals surface area contributed by atoms with Crippen LogP contribution in [0.2, 0.25) is 0 Å². The van der Waals surface area contributed by atoms with Gasteiger partial charge in [-0.25, -0.2) is 0 Å². The summed E-state index contributed by atoms with van der Waals surface area (Å²) in [7, 11) is 2.24. The van der Waals surface area contributed by atoms with Gasteiger partial charge in [0.1, 0.15) is 0 Å². The highest BCUT2D eigenvalue weighted by atomic mass is 16.5. The minimum atomic E-state index is 0.267. The van der Waals surface area contributed by atoms with E-state index in [9.17, 15) is 4.79 Å². The molecule has 5 heteroatoms. The molecule has 1 aromatic rings. The fourth-order valence-corrected chi connectivity index (χ4v) is 4.73. The zero-order valence-corrected chi connectivity index (χ0v) is 14.4. The molecular weight excluding hydrogens is 302 g/mol. The Bertz CT molecular complexity index is 573. The highest BCUT2D eigenvalue weighted by Crippen LogP contribution is 2.43. The van der Waals surface area contributed by atoms with Gasteiger partial charge in [-0.15, -0.1) is 0 Å². The van der Waals surface area contributed by atoms with Crippen molar-refractivity contribution in [3.63, 3.8) is 0 Å². The molecule has 3 heterocycles. The first-order valence-electron chi connectivity index (χ1n) is 9.05. The van der Waals surface area contributed by atoms with Crippen molar-refractivity contribution in [1.29, 1.82) is 0 Å². The molecule has 3 aliphatic rings. The van der Waals surface area contributed by atoms with E-state index in [0.29, 0.717) is 37.6 Å². The van der Waals surface area contributed by atoms with Gasteiger partial charge in [-0.1, -0.05) is 30.3 Å². The molecule has 0 radical (unpaired) electrons. The number of rotatable bonds is 3. The quantitative estimate of drug-likeness (QED) is 0.831. The monoisotopic (exact) mass is 329 g/mol. The molecular formula is C19H27N3O2. The van der Waals surface area contributed by atoms with E-state index < -0.39 is 0 Å². The summed E-state index contributed by atoms with van der Waals surface area (Å²) in [5.74, 6) is 1.58. The molecule has 3 atom stereocenters. The lowest BCUT2D eigenvalue weighted by Gasteiger charge is -2.30. The Kier molecular flexibility index (Phi) is 4.57. The molecule has 5 nitrogen and oxygen atoms in total. The van der Waals surface area contributed by atoms with E-state index in [4.69, 9.17) is 4.74 Å². The van der Waals surface area contributed by atoms with Crippen LogP contribution in [-0.2, 0) is 9.53 Å². The first-order chi connectivity index (χ1) is 11.7. The van der Waals surface area contributed by atoms with E-state index in [1.165, 1.54) is 5.56 Å². The molecule has 0 aromatic heterocycles. The Hall–Kier alpha value is -1.43. The van der Waals surface area contributed by atoms with Crippen LogP contribution in [0.1, 0.15) is 11.6 Å². The fraction of sp³-hybridized carbons (Fsp3) is 0.632. The molecule has 0 N–H and O–H groups in total. The van der Waals surface area contributed by atoms with Crippen molar-refractivity contribution in [3.8, 4) is 0 Å². The van der Waals surface area contributed by atoms with Gasteiger partial charge in [0.2, 0.25) is 5.91 Å². The van der Waals surface area contributed by atoms with Gasteiger partial charge in [0.15, 0.2) is 0 Å². The number of carbonyl (C=O) groups excluding carboxylic acids is 1. The van der Waals surface area contributed by atoms with Gasteiger partial charge in [-0.05, 0) is 24.4 Å². The molecule has 1 aromatic carbocycles. The Balaban J connectivity index is 1.40. The maximum atomic E-state index is 12.5. The number of hydrogen-bond acceptors (Lipinski definition) is 4. The van der Waals surface area contributed by atoms with Crippen LogP contribution in [-0.4, -0.2) is 80.1 Å². The molecule has 24 heavy (non-hydrogen) atoms. The SMILES string of the molecule is CN1C[C@H]2CN(CC(=O)N3CCOCC3)C[C@H]2[C@@H]1c1ccccc1. The van der Waals surface area contributed by atoms with Gasteiger partial charge < -0.3 is 9.64 Å². The topological polar surface area (TPSA) is 36.0 Å². The molecule has 3 fully saturated rings. The number of carbonyl (C=O) groups is 1.